The summed E-state index contributed by atoms with van der Waals surface area (Å²) in [4.78, 5) is 0. The predicted molar refractivity (Wildman–Crippen MR) is 52.9 cm³/mol. The zero-order valence-corrected chi connectivity index (χ0v) is 9.45. The number of phenols is 1. The number of phenolic OH excluding ortho intramolecular Hbond substituents is 1. The van der Waals surface area contributed by atoms with Crippen LogP contribution in [0.5, 0.6) is 5.75 Å². The van der Waals surface area contributed by atoms with Crippen molar-refractivity contribution in [2.24, 2.45) is 0 Å². The summed E-state index contributed by atoms with van der Waals surface area (Å²) in [7, 11) is 0. The van der Waals surface area contributed by atoms with E-state index < -0.39 is 0 Å². The van der Waals surface area contributed by atoms with E-state index in [0.717, 1.165) is 11.1 Å². The molecule has 0 saturated heterocycles. The standard InChI is InChI=1S/C11H16O.Li.H/c1-6-7(2)9(4)11(12)10(5)8(6)3;;/h12H,1-5H3;;/q;+1;-1. The summed E-state index contributed by atoms with van der Waals surface area (Å²) in [5.74, 6) is 0.454. The third-order valence-electron chi connectivity index (χ3n) is 2.96. The third kappa shape index (κ3) is 1.93. The minimum absolute atomic E-state index is 0. The van der Waals surface area contributed by atoms with Gasteiger partial charge in [-0.25, -0.2) is 0 Å². The van der Waals surface area contributed by atoms with Crippen LogP contribution in [0.1, 0.15) is 29.2 Å². The number of hydrogen-bond acceptors (Lipinski definition) is 1. The predicted octanol–water partition coefficient (Wildman–Crippen LogP) is 0.0508. The number of rotatable bonds is 0. The van der Waals surface area contributed by atoms with Gasteiger partial charge in [-0.1, -0.05) is 0 Å². The normalized spacial score (nSPS) is 9.62. The molecular weight excluding hydrogens is 155 g/mol. The summed E-state index contributed by atoms with van der Waals surface area (Å²) in [6.07, 6.45) is 0. The van der Waals surface area contributed by atoms with Gasteiger partial charge in [0.25, 0.3) is 0 Å². The molecule has 1 aromatic carbocycles. The van der Waals surface area contributed by atoms with Crippen molar-refractivity contribution in [2.45, 2.75) is 34.6 Å². The largest absolute Gasteiger partial charge is 1.00 e. The fourth-order valence-corrected chi connectivity index (χ4v) is 1.48. The molecule has 0 radical (unpaired) electrons. The summed E-state index contributed by atoms with van der Waals surface area (Å²) in [5, 5.41) is 9.69. The minimum atomic E-state index is 0. The van der Waals surface area contributed by atoms with Gasteiger partial charge in [0, 0.05) is 0 Å². The van der Waals surface area contributed by atoms with Crippen LogP contribution in [0, 0.1) is 34.6 Å². The molecule has 2 heteroatoms. The Labute approximate surface area is 93.8 Å². The first-order valence-electron chi connectivity index (χ1n) is 4.22. The van der Waals surface area contributed by atoms with Gasteiger partial charge in [-0.05, 0) is 62.4 Å². The van der Waals surface area contributed by atoms with Crippen LogP contribution in [-0.2, 0) is 0 Å². The van der Waals surface area contributed by atoms with Crippen molar-refractivity contribution in [1.82, 2.24) is 0 Å². The maximum Gasteiger partial charge on any atom is 1.00 e. The Hall–Kier alpha value is -0.383. The van der Waals surface area contributed by atoms with Crippen LogP contribution in [-0.4, -0.2) is 5.11 Å². The molecule has 13 heavy (non-hydrogen) atoms. The van der Waals surface area contributed by atoms with E-state index in [1.807, 2.05) is 13.8 Å². The first kappa shape index (κ1) is 12.6. The molecule has 0 aliphatic heterocycles. The SMILES string of the molecule is Cc1c(C)c(C)c(O)c(C)c1C.[H-].[Li+]. The number of benzene rings is 1. The van der Waals surface area contributed by atoms with Crippen molar-refractivity contribution in [2.75, 3.05) is 0 Å². The molecule has 0 bridgehead atoms. The van der Waals surface area contributed by atoms with Crippen LogP contribution in [0.25, 0.3) is 0 Å². The van der Waals surface area contributed by atoms with Gasteiger partial charge in [0.05, 0.1) is 0 Å². The molecule has 68 valence electrons. The summed E-state index contributed by atoms with van der Waals surface area (Å²) < 4.78 is 0. The van der Waals surface area contributed by atoms with E-state index in [9.17, 15) is 5.11 Å². The maximum atomic E-state index is 9.69. The molecule has 0 amide bonds. The van der Waals surface area contributed by atoms with Crippen LogP contribution in [0.4, 0.5) is 0 Å². The molecule has 0 spiro atoms. The van der Waals surface area contributed by atoms with Gasteiger partial charge in [-0.2, -0.15) is 0 Å². The van der Waals surface area contributed by atoms with Crippen LogP contribution in [0.15, 0.2) is 0 Å². The molecule has 1 rings (SSSR count). The molecular formula is C11H17LiO. The van der Waals surface area contributed by atoms with Gasteiger partial charge in [-0.15, -0.1) is 0 Å². The zero-order valence-electron chi connectivity index (χ0n) is 10.4. The Kier molecular flexibility index (Phi) is 4.10. The molecule has 1 nitrogen and oxygen atoms in total. The van der Waals surface area contributed by atoms with Crippen molar-refractivity contribution in [3.63, 3.8) is 0 Å². The minimum Gasteiger partial charge on any atom is -1.00 e. The molecule has 0 atom stereocenters. The average Bonchev–Trinajstić information content (AvgIpc) is 2.08. The van der Waals surface area contributed by atoms with E-state index in [1.54, 1.807) is 0 Å². The van der Waals surface area contributed by atoms with E-state index in [-0.39, 0.29) is 20.3 Å². The van der Waals surface area contributed by atoms with Crippen molar-refractivity contribution in [3.8, 4) is 5.75 Å². The molecule has 0 fully saturated rings. The van der Waals surface area contributed by atoms with Gasteiger partial charge in [0.1, 0.15) is 5.75 Å². The van der Waals surface area contributed by atoms with E-state index in [0.29, 0.717) is 5.75 Å². The Morgan fingerprint density at radius 1 is 0.692 bits per heavy atom. The number of hydrogen-bond donors (Lipinski definition) is 1. The Morgan fingerprint density at radius 3 is 1.23 bits per heavy atom. The summed E-state index contributed by atoms with van der Waals surface area (Å²) >= 11 is 0. The first-order chi connectivity index (χ1) is 5.46. The van der Waals surface area contributed by atoms with Gasteiger partial charge in [0.15, 0.2) is 0 Å². The molecule has 0 aliphatic rings. The maximum absolute atomic E-state index is 9.69. The topological polar surface area (TPSA) is 20.2 Å². The summed E-state index contributed by atoms with van der Waals surface area (Å²) in [6, 6.07) is 0. The van der Waals surface area contributed by atoms with Crippen LogP contribution < -0.4 is 18.9 Å². The van der Waals surface area contributed by atoms with E-state index in [4.69, 9.17) is 0 Å². The third-order valence-corrected chi connectivity index (χ3v) is 2.96. The molecule has 1 aromatic rings. The van der Waals surface area contributed by atoms with Crippen molar-refractivity contribution < 1.29 is 25.4 Å². The summed E-state index contributed by atoms with van der Waals surface area (Å²) in [6.45, 7) is 10.1. The molecule has 0 unspecified atom stereocenters. The monoisotopic (exact) mass is 172 g/mol. The Balaban J connectivity index is 0. The van der Waals surface area contributed by atoms with Gasteiger partial charge >= 0.3 is 18.9 Å². The second-order valence-electron chi connectivity index (χ2n) is 3.47. The van der Waals surface area contributed by atoms with Crippen molar-refractivity contribution >= 4 is 0 Å². The Bertz CT molecular complexity index is 230. The van der Waals surface area contributed by atoms with E-state index in [1.165, 1.54) is 16.7 Å². The zero-order chi connectivity index (χ0) is 9.46. The Morgan fingerprint density at radius 2 is 0.923 bits per heavy atom. The van der Waals surface area contributed by atoms with Crippen molar-refractivity contribution in [3.05, 3.63) is 27.8 Å². The van der Waals surface area contributed by atoms with Crippen LogP contribution in [0.3, 0.4) is 0 Å². The molecule has 1 N–H and O–H groups in total. The van der Waals surface area contributed by atoms with E-state index in [2.05, 4.69) is 20.8 Å². The van der Waals surface area contributed by atoms with Gasteiger partial charge < -0.3 is 6.53 Å². The van der Waals surface area contributed by atoms with Crippen LogP contribution in [0.2, 0.25) is 0 Å². The van der Waals surface area contributed by atoms with Crippen molar-refractivity contribution in [1.29, 1.82) is 0 Å². The van der Waals surface area contributed by atoms with E-state index >= 15 is 0 Å². The average molecular weight is 172 g/mol. The van der Waals surface area contributed by atoms with Crippen LogP contribution >= 0.6 is 0 Å². The molecule has 0 heterocycles. The fourth-order valence-electron chi connectivity index (χ4n) is 1.48. The van der Waals surface area contributed by atoms with Gasteiger partial charge in [0.2, 0.25) is 0 Å². The second-order valence-corrected chi connectivity index (χ2v) is 3.47. The second kappa shape index (κ2) is 4.22. The van der Waals surface area contributed by atoms with Gasteiger partial charge in [-0.3, -0.25) is 0 Å². The smallest absolute Gasteiger partial charge is 1.00 e. The summed E-state index contributed by atoms with van der Waals surface area (Å²) in [5.41, 5.74) is 5.72. The molecule has 0 aliphatic carbocycles. The quantitative estimate of drug-likeness (QED) is 0.548. The number of aromatic hydroxyl groups is 1. The fraction of sp³-hybridized carbons (Fsp3) is 0.455. The molecule has 0 aromatic heterocycles. The molecule has 0 saturated carbocycles. The first-order valence-corrected chi connectivity index (χ1v) is 4.22.